The van der Waals surface area contributed by atoms with Gasteiger partial charge in [-0.15, -0.1) is 0 Å². The lowest BCUT2D eigenvalue weighted by Gasteiger charge is -2.26. The van der Waals surface area contributed by atoms with E-state index in [0.29, 0.717) is 6.42 Å². The molecule has 0 radical (unpaired) electrons. The van der Waals surface area contributed by atoms with Gasteiger partial charge in [0.05, 0.1) is 5.60 Å². The minimum atomic E-state index is -0.505. The molecule has 1 spiro atoms. The molecule has 14 heavy (non-hydrogen) atoms. The van der Waals surface area contributed by atoms with Crippen LogP contribution >= 0.6 is 0 Å². The topological polar surface area (TPSA) is 49.3 Å². The Kier molecular flexibility index (Phi) is 2.30. The standard InChI is InChI=1S/C11H19NO2/c1-10(14)3-2-4-11(6-5-10)7-9(13)12-8-11/h14H,2-8H2,1H3,(H,12,13). The van der Waals surface area contributed by atoms with E-state index in [0.717, 1.165) is 38.6 Å². The van der Waals surface area contributed by atoms with Crippen molar-refractivity contribution in [2.75, 3.05) is 6.54 Å². The summed E-state index contributed by atoms with van der Waals surface area (Å²) in [6, 6.07) is 0. The molecule has 3 nitrogen and oxygen atoms in total. The van der Waals surface area contributed by atoms with Crippen LogP contribution in [0.3, 0.4) is 0 Å². The van der Waals surface area contributed by atoms with E-state index >= 15 is 0 Å². The molecule has 3 heteroatoms. The van der Waals surface area contributed by atoms with E-state index in [4.69, 9.17) is 0 Å². The van der Waals surface area contributed by atoms with Crippen LogP contribution in [0.1, 0.15) is 45.4 Å². The molecule has 2 unspecified atom stereocenters. The van der Waals surface area contributed by atoms with E-state index in [2.05, 4.69) is 5.32 Å². The molecule has 0 aromatic rings. The van der Waals surface area contributed by atoms with Crippen LogP contribution < -0.4 is 5.32 Å². The summed E-state index contributed by atoms with van der Waals surface area (Å²) in [6.07, 6.45) is 5.50. The van der Waals surface area contributed by atoms with E-state index in [1.54, 1.807) is 0 Å². The summed E-state index contributed by atoms with van der Waals surface area (Å²) in [5, 5.41) is 12.9. The summed E-state index contributed by atoms with van der Waals surface area (Å²) in [4.78, 5) is 11.2. The Morgan fingerprint density at radius 2 is 2.07 bits per heavy atom. The Morgan fingerprint density at radius 1 is 1.29 bits per heavy atom. The third-order valence-electron chi connectivity index (χ3n) is 3.81. The fraction of sp³-hybridized carbons (Fsp3) is 0.909. The molecule has 2 atom stereocenters. The third-order valence-corrected chi connectivity index (χ3v) is 3.81. The van der Waals surface area contributed by atoms with Gasteiger partial charge in [0, 0.05) is 13.0 Å². The highest BCUT2D eigenvalue weighted by molar-refractivity contribution is 5.79. The van der Waals surface area contributed by atoms with Crippen molar-refractivity contribution in [2.24, 2.45) is 5.41 Å². The first-order valence-electron chi connectivity index (χ1n) is 5.51. The molecule has 2 aliphatic rings. The van der Waals surface area contributed by atoms with Gasteiger partial charge in [-0.25, -0.2) is 0 Å². The maximum Gasteiger partial charge on any atom is 0.220 e. The molecule has 80 valence electrons. The molecule has 1 saturated carbocycles. The molecule has 0 aromatic carbocycles. The van der Waals surface area contributed by atoms with Crippen molar-refractivity contribution in [1.82, 2.24) is 5.32 Å². The Bertz CT molecular complexity index is 250. The summed E-state index contributed by atoms with van der Waals surface area (Å²) in [6.45, 7) is 2.73. The van der Waals surface area contributed by atoms with Gasteiger partial charge in [-0.2, -0.15) is 0 Å². The van der Waals surface area contributed by atoms with Crippen LogP contribution in [0.15, 0.2) is 0 Å². The smallest absolute Gasteiger partial charge is 0.220 e. The van der Waals surface area contributed by atoms with Gasteiger partial charge in [0.2, 0.25) is 5.91 Å². The molecule has 0 aromatic heterocycles. The maximum absolute atomic E-state index is 11.2. The van der Waals surface area contributed by atoms with Crippen molar-refractivity contribution in [3.8, 4) is 0 Å². The van der Waals surface area contributed by atoms with E-state index in [1.807, 2.05) is 6.92 Å². The predicted molar refractivity (Wildman–Crippen MR) is 53.8 cm³/mol. The number of aliphatic hydroxyl groups is 1. The second-order valence-corrected chi connectivity index (χ2v) is 5.30. The summed E-state index contributed by atoms with van der Waals surface area (Å²) < 4.78 is 0. The lowest BCUT2D eigenvalue weighted by molar-refractivity contribution is -0.119. The highest BCUT2D eigenvalue weighted by Crippen LogP contribution is 2.42. The van der Waals surface area contributed by atoms with Crippen LogP contribution in [-0.2, 0) is 4.79 Å². The molecule has 1 amide bonds. The fourth-order valence-corrected chi connectivity index (χ4v) is 2.73. The van der Waals surface area contributed by atoms with Crippen LogP contribution in [-0.4, -0.2) is 23.2 Å². The summed E-state index contributed by atoms with van der Waals surface area (Å²) in [5.41, 5.74) is -0.341. The number of hydrogen-bond acceptors (Lipinski definition) is 2. The molecule has 2 N–H and O–H groups in total. The van der Waals surface area contributed by atoms with Gasteiger partial charge in [-0.3, -0.25) is 4.79 Å². The van der Waals surface area contributed by atoms with E-state index in [9.17, 15) is 9.90 Å². The molecule has 1 saturated heterocycles. The minimum Gasteiger partial charge on any atom is -0.390 e. The van der Waals surface area contributed by atoms with Gasteiger partial charge in [0.15, 0.2) is 0 Å². The zero-order chi connectivity index (χ0) is 10.2. The fourth-order valence-electron chi connectivity index (χ4n) is 2.73. The monoisotopic (exact) mass is 197 g/mol. The van der Waals surface area contributed by atoms with Crippen molar-refractivity contribution in [1.29, 1.82) is 0 Å². The number of hydrogen-bond donors (Lipinski definition) is 2. The minimum absolute atomic E-state index is 0.164. The summed E-state index contributed by atoms with van der Waals surface area (Å²) in [5.74, 6) is 0.187. The first-order valence-corrected chi connectivity index (χ1v) is 5.51. The first kappa shape index (κ1) is 9.97. The van der Waals surface area contributed by atoms with Gasteiger partial charge in [0.1, 0.15) is 0 Å². The van der Waals surface area contributed by atoms with Crippen molar-refractivity contribution in [2.45, 2.75) is 51.0 Å². The lowest BCUT2D eigenvalue weighted by atomic mass is 9.79. The van der Waals surface area contributed by atoms with Crippen LogP contribution in [0, 0.1) is 5.41 Å². The Morgan fingerprint density at radius 3 is 2.71 bits per heavy atom. The number of rotatable bonds is 0. The Hall–Kier alpha value is -0.570. The molecule has 2 rings (SSSR count). The second kappa shape index (κ2) is 3.23. The zero-order valence-electron chi connectivity index (χ0n) is 8.81. The second-order valence-electron chi connectivity index (χ2n) is 5.30. The van der Waals surface area contributed by atoms with Gasteiger partial charge < -0.3 is 10.4 Å². The SMILES string of the molecule is CC1(O)CCCC2(CC1)CNC(=O)C2. The zero-order valence-corrected chi connectivity index (χ0v) is 8.81. The van der Waals surface area contributed by atoms with Crippen molar-refractivity contribution in [3.05, 3.63) is 0 Å². The largest absolute Gasteiger partial charge is 0.390 e. The van der Waals surface area contributed by atoms with Gasteiger partial charge in [0.25, 0.3) is 0 Å². The molecule has 1 heterocycles. The summed E-state index contributed by atoms with van der Waals surface area (Å²) >= 11 is 0. The van der Waals surface area contributed by atoms with Gasteiger partial charge >= 0.3 is 0 Å². The van der Waals surface area contributed by atoms with Crippen LogP contribution in [0.2, 0.25) is 0 Å². The average Bonchev–Trinajstić information content (AvgIpc) is 2.38. The number of amides is 1. The molecule has 0 bridgehead atoms. The molecular weight excluding hydrogens is 178 g/mol. The highest BCUT2D eigenvalue weighted by atomic mass is 16.3. The quantitative estimate of drug-likeness (QED) is 0.613. The molecule has 2 fully saturated rings. The third kappa shape index (κ3) is 1.92. The number of carbonyl (C=O) groups is 1. The van der Waals surface area contributed by atoms with E-state index in [-0.39, 0.29) is 11.3 Å². The molecular formula is C11H19NO2. The van der Waals surface area contributed by atoms with Crippen LogP contribution in [0.4, 0.5) is 0 Å². The van der Waals surface area contributed by atoms with Crippen LogP contribution in [0.5, 0.6) is 0 Å². The predicted octanol–water partition coefficient (Wildman–Crippen LogP) is 1.21. The van der Waals surface area contributed by atoms with Crippen LogP contribution in [0.25, 0.3) is 0 Å². The van der Waals surface area contributed by atoms with Gasteiger partial charge in [-0.1, -0.05) is 0 Å². The van der Waals surface area contributed by atoms with Crippen molar-refractivity contribution < 1.29 is 9.90 Å². The van der Waals surface area contributed by atoms with Crippen molar-refractivity contribution in [3.63, 3.8) is 0 Å². The maximum atomic E-state index is 11.2. The lowest BCUT2D eigenvalue weighted by Crippen LogP contribution is -2.26. The van der Waals surface area contributed by atoms with Gasteiger partial charge in [-0.05, 0) is 44.4 Å². The first-order chi connectivity index (χ1) is 6.52. The Balaban J connectivity index is 2.05. The van der Waals surface area contributed by atoms with E-state index in [1.165, 1.54) is 0 Å². The normalized spacial score (nSPS) is 43.7. The average molecular weight is 197 g/mol. The number of carbonyl (C=O) groups excluding carboxylic acids is 1. The molecule has 1 aliphatic carbocycles. The Labute approximate surface area is 84.9 Å². The van der Waals surface area contributed by atoms with E-state index < -0.39 is 5.60 Å². The highest BCUT2D eigenvalue weighted by Gasteiger charge is 2.41. The van der Waals surface area contributed by atoms with Crippen molar-refractivity contribution >= 4 is 5.91 Å². The number of nitrogens with one attached hydrogen (secondary N) is 1. The molecule has 1 aliphatic heterocycles. The summed E-state index contributed by atoms with van der Waals surface area (Å²) in [7, 11) is 0.